The average Bonchev–Trinajstić information content (AvgIpc) is 3.32. The highest BCUT2D eigenvalue weighted by Gasteiger charge is 2.34. The van der Waals surface area contributed by atoms with E-state index in [-0.39, 0.29) is 47.7 Å². The molecule has 13 heteroatoms. The SMILES string of the molecule is CC(=O)Nc1ccccc1C(=O)N1CC(Oc2cc(-c3c(C)cccc3C)nc(NS(=O)(=O)c3cnn(C)c3)n2)C1. The molecule has 3 heterocycles. The predicted octanol–water partition coefficient (Wildman–Crippen LogP) is 3.16. The van der Waals surface area contributed by atoms with Gasteiger partial charge in [-0.3, -0.25) is 14.3 Å². The Kier molecular flexibility index (Phi) is 7.45. The quantitative estimate of drug-likeness (QED) is 0.326. The summed E-state index contributed by atoms with van der Waals surface area (Å²) < 4.78 is 35.9. The number of sulfonamides is 1. The van der Waals surface area contributed by atoms with Crippen LogP contribution in [0, 0.1) is 13.8 Å². The second kappa shape index (κ2) is 11.0. The largest absolute Gasteiger partial charge is 0.470 e. The van der Waals surface area contributed by atoms with E-state index in [0.29, 0.717) is 16.9 Å². The molecule has 0 radical (unpaired) electrons. The smallest absolute Gasteiger partial charge is 0.267 e. The van der Waals surface area contributed by atoms with Crippen LogP contribution in [-0.2, 0) is 21.9 Å². The van der Waals surface area contributed by atoms with Gasteiger partial charge in [0.2, 0.25) is 17.7 Å². The first-order valence-corrected chi connectivity index (χ1v) is 14.3. The van der Waals surface area contributed by atoms with Crippen molar-refractivity contribution in [2.45, 2.75) is 31.8 Å². The number of carbonyl (C=O) groups is 2. The van der Waals surface area contributed by atoms with Crippen molar-refractivity contribution in [3.05, 3.63) is 77.6 Å². The standard InChI is InChI=1S/C28H29N7O5S/c1-17-8-7-9-18(2)26(17)24-12-25(32-28(31-24)33-41(38,39)21-13-29-34(4)16-21)40-20-14-35(15-20)27(37)22-10-5-6-11-23(22)30-19(3)36/h5-13,16,20H,14-15H2,1-4H3,(H,30,36)(H,31,32,33). The van der Waals surface area contributed by atoms with Crippen molar-refractivity contribution in [1.82, 2.24) is 24.6 Å². The van der Waals surface area contributed by atoms with Crippen molar-refractivity contribution in [3.8, 4) is 17.1 Å². The van der Waals surface area contributed by atoms with Gasteiger partial charge in [-0.2, -0.15) is 10.1 Å². The zero-order chi connectivity index (χ0) is 29.3. The molecule has 1 fully saturated rings. The van der Waals surface area contributed by atoms with Crippen LogP contribution in [0.15, 0.2) is 65.8 Å². The summed E-state index contributed by atoms with van der Waals surface area (Å²) in [5, 5.41) is 6.61. The molecule has 212 valence electrons. The van der Waals surface area contributed by atoms with Crippen LogP contribution in [0.4, 0.5) is 11.6 Å². The van der Waals surface area contributed by atoms with Crippen LogP contribution in [-0.4, -0.2) is 64.1 Å². The molecule has 1 aliphatic heterocycles. The minimum Gasteiger partial charge on any atom is -0.470 e. The van der Waals surface area contributed by atoms with Gasteiger partial charge in [0, 0.05) is 31.8 Å². The molecule has 12 nitrogen and oxygen atoms in total. The molecular formula is C28H29N7O5S. The number of carbonyl (C=O) groups excluding carboxylic acids is 2. The van der Waals surface area contributed by atoms with Crippen LogP contribution < -0.4 is 14.8 Å². The van der Waals surface area contributed by atoms with E-state index in [1.807, 2.05) is 32.0 Å². The number of aryl methyl sites for hydroxylation is 3. The number of nitrogens with zero attached hydrogens (tertiary/aromatic N) is 5. The number of amides is 2. The number of nitrogens with one attached hydrogen (secondary N) is 2. The number of rotatable bonds is 8. The maximum atomic E-state index is 13.1. The molecule has 0 saturated carbocycles. The molecular weight excluding hydrogens is 546 g/mol. The van der Waals surface area contributed by atoms with Gasteiger partial charge in [0.05, 0.1) is 36.2 Å². The first kappa shape index (κ1) is 27.8. The number of hydrogen-bond donors (Lipinski definition) is 2. The maximum Gasteiger partial charge on any atom is 0.267 e. The lowest BCUT2D eigenvalue weighted by Gasteiger charge is -2.39. The summed E-state index contributed by atoms with van der Waals surface area (Å²) in [5.74, 6) is -0.496. The number of anilines is 2. The molecule has 41 heavy (non-hydrogen) atoms. The van der Waals surface area contributed by atoms with Crippen LogP contribution >= 0.6 is 0 Å². The third-order valence-electron chi connectivity index (χ3n) is 6.55. The topological polar surface area (TPSA) is 148 Å². The Morgan fingerprint density at radius 3 is 2.39 bits per heavy atom. The van der Waals surface area contributed by atoms with Gasteiger partial charge in [-0.05, 0) is 37.1 Å². The monoisotopic (exact) mass is 575 g/mol. The minimum absolute atomic E-state index is 0.0313. The highest BCUT2D eigenvalue weighted by molar-refractivity contribution is 7.92. The van der Waals surface area contributed by atoms with Gasteiger partial charge in [-0.15, -0.1) is 0 Å². The number of aromatic nitrogens is 4. The Balaban J connectivity index is 1.39. The first-order valence-electron chi connectivity index (χ1n) is 12.8. The summed E-state index contributed by atoms with van der Waals surface area (Å²) in [7, 11) is -2.39. The highest BCUT2D eigenvalue weighted by Crippen LogP contribution is 2.30. The lowest BCUT2D eigenvalue weighted by atomic mass is 10.00. The fourth-order valence-corrected chi connectivity index (χ4v) is 5.51. The molecule has 0 aliphatic carbocycles. The fourth-order valence-electron chi connectivity index (χ4n) is 4.58. The number of para-hydroxylation sites is 1. The molecule has 1 saturated heterocycles. The summed E-state index contributed by atoms with van der Waals surface area (Å²) >= 11 is 0. The van der Waals surface area contributed by atoms with E-state index in [2.05, 4.69) is 25.1 Å². The lowest BCUT2D eigenvalue weighted by Crippen LogP contribution is -2.56. The molecule has 2 aromatic heterocycles. The zero-order valence-electron chi connectivity index (χ0n) is 23.0. The number of ether oxygens (including phenoxy) is 1. The number of hydrogen-bond acceptors (Lipinski definition) is 8. The van der Waals surface area contributed by atoms with Crippen LogP contribution in [0.3, 0.4) is 0 Å². The molecule has 5 rings (SSSR count). The summed E-state index contributed by atoms with van der Waals surface area (Å²) in [6.45, 7) is 5.84. The molecule has 0 atom stereocenters. The highest BCUT2D eigenvalue weighted by atomic mass is 32.2. The maximum absolute atomic E-state index is 13.1. The Morgan fingerprint density at radius 2 is 1.73 bits per heavy atom. The first-order chi connectivity index (χ1) is 19.5. The molecule has 1 aliphatic rings. The van der Waals surface area contributed by atoms with Gasteiger partial charge >= 0.3 is 0 Å². The second-order valence-corrected chi connectivity index (χ2v) is 11.5. The number of benzene rings is 2. The molecule has 0 bridgehead atoms. The fraction of sp³-hybridized carbons (Fsp3) is 0.250. The van der Waals surface area contributed by atoms with Crippen molar-refractivity contribution < 1.29 is 22.7 Å². The molecule has 0 unspecified atom stereocenters. The van der Waals surface area contributed by atoms with Crippen molar-refractivity contribution >= 4 is 33.5 Å². The van der Waals surface area contributed by atoms with Crippen molar-refractivity contribution in [3.63, 3.8) is 0 Å². The van der Waals surface area contributed by atoms with Crippen molar-refractivity contribution in [2.24, 2.45) is 7.05 Å². The summed E-state index contributed by atoms with van der Waals surface area (Å²) in [6.07, 6.45) is 2.23. The Labute approximate surface area is 237 Å². The molecule has 2 N–H and O–H groups in total. The van der Waals surface area contributed by atoms with Gasteiger partial charge in [0.25, 0.3) is 15.9 Å². The van der Waals surface area contributed by atoms with Crippen molar-refractivity contribution in [1.29, 1.82) is 0 Å². The lowest BCUT2D eigenvalue weighted by molar-refractivity contribution is -0.114. The van der Waals surface area contributed by atoms with E-state index in [1.54, 1.807) is 42.3 Å². The van der Waals surface area contributed by atoms with Crippen LogP contribution in [0.1, 0.15) is 28.4 Å². The third kappa shape index (κ3) is 6.04. The summed E-state index contributed by atoms with van der Waals surface area (Å²) in [4.78, 5) is 35.1. The summed E-state index contributed by atoms with van der Waals surface area (Å²) in [5.41, 5.74) is 4.05. The van der Waals surface area contributed by atoms with Crippen LogP contribution in [0.25, 0.3) is 11.3 Å². The van der Waals surface area contributed by atoms with E-state index in [9.17, 15) is 18.0 Å². The van der Waals surface area contributed by atoms with E-state index in [1.165, 1.54) is 24.0 Å². The van der Waals surface area contributed by atoms with Gasteiger partial charge in [0.15, 0.2) is 0 Å². The minimum atomic E-state index is -4.01. The third-order valence-corrected chi connectivity index (χ3v) is 7.83. The van der Waals surface area contributed by atoms with E-state index >= 15 is 0 Å². The number of likely N-dealkylation sites (tertiary alicyclic amines) is 1. The molecule has 2 amide bonds. The van der Waals surface area contributed by atoms with E-state index < -0.39 is 10.0 Å². The Bertz CT molecular complexity index is 1730. The zero-order valence-corrected chi connectivity index (χ0v) is 23.8. The molecule has 4 aromatic rings. The van der Waals surface area contributed by atoms with Gasteiger partial charge in [0.1, 0.15) is 11.0 Å². The van der Waals surface area contributed by atoms with Gasteiger partial charge in [-0.1, -0.05) is 30.3 Å². The van der Waals surface area contributed by atoms with Crippen LogP contribution in [0.5, 0.6) is 5.88 Å². The van der Waals surface area contributed by atoms with Crippen molar-refractivity contribution in [2.75, 3.05) is 23.1 Å². The predicted molar refractivity (Wildman–Crippen MR) is 152 cm³/mol. The van der Waals surface area contributed by atoms with Crippen LogP contribution in [0.2, 0.25) is 0 Å². The van der Waals surface area contributed by atoms with E-state index in [4.69, 9.17) is 4.74 Å². The second-order valence-electron chi connectivity index (χ2n) is 9.81. The van der Waals surface area contributed by atoms with Gasteiger partial charge < -0.3 is 15.0 Å². The average molecular weight is 576 g/mol. The summed E-state index contributed by atoms with van der Waals surface area (Å²) in [6, 6.07) is 14.3. The molecule has 0 spiro atoms. The molecule has 2 aromatic carbocycles. The normalized spacial score (nSPS) is 13.4. The Hall–Kier alpha value is -4.78. The Morgan fingerprint density at radius 1 is 1.02 bits per heavy atom. The van der Waals surface area contributed by atoms with Gasteiger partial charge in [-0.25, -0.2) is 18.1 Å². The van der Waals surface area contributed by atoms with E-state index in [0.717, 1.165) is 16.7 Å².